The maximum atomic E-state index is 11.8. The molecule has 2 aliphatic rings. The molecule has 0 atom stereocenters. The summed E-state index contributed by atoms with van der Waals surface area (Å²) in [6.07, 6.45) is 8.97. The van der Waals surface area contributed by atoms with Crippen molar-refractivity contribution in [1.29, 1.82) is 5.41 Å². The summed E-state index contributed by atoms with van der Waals surface area (Å²) in [5.41, 5.74) is 15.3. The summed E-state index contributed by atoms with van der Waals surface area (Å²) in [4.78, 5) is 18.0. The fourth-order valence-corrected chi connectivity index (χ4v) is 2.97. The average molecular weight is 383 g/mol. The molecular formula is C21H30N6O. The molecule has 0 saturated heterocycles. The van der Waals surface area contributed by atoms with E-state index in [0.717, 1.165) is 36.4 Å². The van der Waals surface area contributed by atoms with Crippen molar-refractivity contribution in [1.82, 2.24) is 10.2 Å². The Morgan fingerprint density at radius 1 is 1.43 bits per heavy atom. The Morgan fingerprint density at radius 3 is 2.68 bits per heavy atom. The number of carbonyl (C=O) groups excluding carboxylic acids is 1. The fraction of sp³-hybridized carbons (Fsp3) is 0.381. The number of rotatable bonds is 9. The second-order valence-corrected chi connectivity index (χ2v) is 7.03. The molecule has 28 heavy (non-hydrogen) atoms. The van der Waals surface area contributed by atoms with Gasteiger partial charge in [0.15, 0.2) is 0 Å². The van der Waals surface area contributed by atoms with Crippen molar-refractivity contribution in [2.24, 2.45) is 22.4 Å². The maximum absolute atomic E-state index is 11.8. The van der Waals surface area contributed by atoms with Crippen molar-refractivity contribution < 1.29 is 4.79 Å². The number of nitrogens with two attached hydrogens (primary N) is 2. The van der Waals surface area contributed by atoms with Gasteiger partial charge in [0, 0.05) is 55.7 Å². The molecule has 0 aromatic rings. The van der Waals surface area contributed by atoms with Gasteiger partial charge in [0.2, 0.25) is 5.91 Å². The van der Waals surface area contributed by atoms with Crippen molar-refractivity contribution in [3.63, 3.8) is 0 Å². The van der Waals surface area contributed by atoms with E-state index in [1.807, 2.05) is 0 Å². The lowest BCUT2D eigenvalue weighted by Gasteiger charge is -2.30. The van der Waals surface area contributed by atoms with Crippen molar-refractivity contribution in [3.8, 4) is 0 Å². The Labute approximate surface area is 166 Å². The lowest BCUT2D eigenvalue weighted by atomic mass is 10.0. The van der Waals surface area contributed by atoms with Gasteiger partial charge in [-0.2, -0.15) is 0 Å². The topological polar surface area (TPSA) is 121 Å². The highest BCUT2D eigenvalue weighted by Gasteiger charge is 2.26. The van der Waals surface area contributed by atoms with Crippen molar-refractivity contribution in [2.75, 3.05) is 19.6 Å². The van der Waals surface area contributed by atoms with Gasteiger partial charge >= 0.3 is 0 Å². The smallest absolute Gasteiger partial charge is 0.219 e. The summed E-state index contributed by atoms with van der Waals surface area (Å²) in [7, 11) is 0. The number of amides is 1. The van der Waals surface area contributed by atoms with Gasteiger partial charge in [0.1, 0.15) is 5.84 Å². The molecule has 1 heterocycles. The van der Waals surface area contributed by atoms with E-state index in [0.29, 0.717) is 35.8 Å². The zero-order chi connectivity index (χ0) is 20.7. The monoisotopic (exact) mass is 382 g/mol. The Bertz CT molecular complexity index is 783. The summed E-state index contributed by atoms with van der Waals surface area (Å²) >= 11 is 0. The van der Waals surface area contributed by atoms with Crippen LogP contribution in [0.2, 0.25) is 0 Å². The zero-order valence-corrected chi connectivity index (χ0v) is 16.5. The first-order valence-corrected chi connectivity index (χ1v) is 9.41. The molecule has 0 unspecified atom stereocenters. The summed E-state index contributed by atoms with van der Waals surface area (Å²) < 4.78 is 0. The van der Waals surface area contributed by atoms with Crippen LogP contribution in [0, 0.1) is 11.3 Å². The minimum absolute atomic E-state index is 0.0166. The highest BCUT2D eigenvalue weighted by atomic mass is 16.2. The van der Waals surface area contributed by atoms with Crippen LogP contribution >= 0.6 is 0 Å². The van der Waals surface area contributed by atoms with E-state index in [4.69, 9.17) is 16.9 Å². The molecule has 1 saturated carbocycles. The standard InChI is InChI=1S/C21H30N6O/c1-4-17(18(10-22)11-23)9-14(2)26-21(24)19-13-27(15(3)28)8-7-20(19)25-12-16-5-6-16/h4,9-11,16,22,25H,1-2,5-8,12-13,23H2,3H3,(H2,24,26)/b17-9+,18-11+,22-10?. The molecule has 1 fully saturated rings. The Morgan fingerprint density at radius 2 is 2.14 bits per heavy atom. The maximum Gasteiger partial charge on any atom is 0.219 e. The molecule has 7 nitrogen and oxygen atoms in total. The molecule has 0 aromatic carbocycles. The minimum atomic E-state index is 0.0166. The molecule has 2 rings (SSSR count). The SMILES string of the molecule is C=CC(=C\C(=C)N=C(N)C1=C(NCC2CC2)CCN(C(C)=O)C1)/C(C=N)=C/N. The predicted molar refractivity (Wildman–Crippen MR) is 115 cm³/mol. The van der Waals surface area contributed by atoms with E-state index >= 15 is 0 Å². The molecule has 1 aliphatic heterocycles. The summed E-state index contributed by atoms with van der Waals surface area (Å²) in [5.74, 6) is 1.08. The number of carbonyl (C=O) groups is 1. The highest BCUT2D eigenvalue weighted by Crippen LogP contribution is 2.28. The number of nitrogens with zero attached hydrogens (tertiary/aromatic N) is 2. The van der Waals surface area contributed by atoms with Gasteiger partial charge in [0.05, 0.1) is 12.2 Å². The molecule has 150 valence electrons. The molecule has 1 amide bonds. The number of allylic oxidation sites excluding steroid dienone is 4. The minimum Gasteiger partial charge on any atom is -0.404 e. The van der Waals surface area contributed by atoms with Gasteiger partial charge in [0.25, 0.3) is 0 Å². The number of aliphatic imine (C=N–C) groups is 1. The van der Waals surface area contributed by atoms with Crippen LogP contribution in [0.15, 0.2) is 64.6 Å². The quantitative estimate of drug-likeness (QED) is 0.277. The van der Waals surface area contributed by atoms with E-state index in [1.165, 1.54) is 19.0 Å². The first kappa shape index (κ1) is 21.2. The zero-order valence-electron chi connectivity index (χ0n) is 16.5. The number of hydrogen-bond acceptors (Lipinski definition) is 5. The number of nitrogens with one attached hydrogen (secondary N) is 2. The average Bonchev–Trinajstić information content (AvgIpc) is 3.50. The Kier molecular flexibility index (Phi) is 7.37. The second-order valence-electron chi connectivity index (χ2n) is 7.03. The van der Waals surface area contributed by atoms with E-state index in [2.05, 4.69) is 23.5 Å². The van der Waals surface area contributed by atoms with Gasteiger partial charge in [-0.25, -0.2) is 4.99 Å². The van der Waals surface area contributed by atoms with Crippen LogP contribution in [-0.2, 0) is 4.79 Å². The van der Waals surface area contributed by atoms with Crippen LogP contribution in [0.3, 0.4) is 0 Å². The lowest BCUT2D eigenvalue weighted by Crippen LogP contribution is -2.41. The van der Waals surface area contributed by atoms with Crippen LogP contribution in [0.4, 0.5) is 0 Å². The van der Waals surface area contributed by atoms with Crippen LogP contribution in [0.5, 0.6) is 0 Å². The normalized spacial score (nSPS) is 18.8. The summed E-state index contributed by atoms with van der Waals surface area (Å²) in [6, 6.07) is 0. The summed E-state index contributed by atoms with van der Waals surface area (Å²) in [5, 5.41) is 10.9. The highest BCUT2D eigenvalue weighted by molar-refractivity contribution is 5.99. The Hall–Kier alpha value is -3.09. The third-order valence-corrected chi connectivity index (χ3v) is 4.88. The fourth-order valence-electron chi connectivity index (χ4n) is 2.97. The third-order valence-electron chi connectivity index (χ3n) is 4.88. The largest absolute Gasteiger partial charge is 0.404 e. The lowest BCUT2D eigenvalue weighted by molar-refractivity contribution is -0.128. The van der Waals surface area contributed by atoms with E-state index in [-0.39, 0.29) is 5.91 Å². The van der Waals surface area contributed by atoms with E-state index < -0.39 is 0 Å². The summed E-state index contributed by atoms with van der Waals surface area (Å²) in [6.45, 7) is 11.3. The van der Waals surface area contributed by atoms with Crippen LogP contribution in [0.1, 0.15) is 26.2 Å². The van der Waals surface area contributed by atoms with Crippen molar-refractivity contribution >= 4 is 18.0 Å². The van der Waals surface area contributed by atoms with E-state index in [9.17, 15) is 4.79 Å². The van der Waals surface area contributed by atoms with Crippen molar-refractivity contribution in [2.45, 2.75) is 26.2 Å². The second kappa shape index (κ2) is 9.73. The van der Waals surface area contributed by atoms with Crippen LogP contribution in [0.25, 0.3) is 0 Å². The Balaban J connectivity index is 2.27. The molecule has 0 aromatic heterocycles. The first-order chi connectivity index (χ1) is 13.4. The van der Waals surface area contributed by atoms with Gasteiger partial charge in [-0.05, 0) is 30.4 Å². The molecule has 0 radical (unpaired) electrons. The molecule has 6 N–H and O–H groups in total. The molecule has 7 heteroatoms. The van der Waals surface area contributed by atoms with Crippen molar-refractivity contribution in [3.05, 3.63) is 59.6 Å². The molecular weight excluding hydrogens is 352 g/mol. The predicted octanol–water partition coefficient (Wildman–Crippen LogP) is 1.97. The van der Waals surface area contributed by atoms with Crippen LogP contribution < -0.4 is 16.8 Å². The van der Waals surface area contributed by atoms with Gasteiger partial charge in [-0.1, -0.05) is 19.2 Å². The van der Waals surface area contributed by atoms with Gasteiger partial charge < -0.3 is 27.1 Å². The van der Waals surface area contributed by atoms with Crippen LogP contribution in [-0.4, -0.2) is 42.5 Å². The molecule has 1 aliphatic carbocycles. The van der Waals surface area contributed by atoms with E-state index in [1.54, 1.807) is 24.0 Å². The third kappa shape index (κ3) is 5.70. The first-order valence-electron chi connectivity index (χ1n) is 9.41. The number of amidine groups is 1. The van der Waals surface area contributed by atoms with Gasteiger partial charge in [-0.3, -0.25) is 4.79 Å². The van der Waals surface area contributed by atoms with Gasteiger partial charge in [-0.15, -0.1) is 0 Å². The molecule has 0 spiro atoms. The molecule has 0 bridgehead atoms. The number of hydrogen-bond donors (Lipinski definition) is 4.